The van der Waals surface area contributed by atoms with Crippen LogP contribution in [0.15, 0.2) is 53.1 Å². The number of carbonyl (C=O) groups excluding carboxylic acids is 1. The van der Waals surface area contributed by atoms with Gasteiger partial charge < -0.3 is 18.7 Å². The summed E-state index contributed by atoms with van der Waals surface area (Å²) in [7, 11) is 1.57. The van der Waals surface area contributed by atoms with Crippen molar-refractivity contribution in [2.75, 3.05) is 7.11 Å². The van der Waals surface area contributed by atoms with Crippen LogP contribution in [-0.2, 0) is 18.0 Å². The molecule has 0 radical (unpaired) electrons. The normalized spacial score (nSPS) is 10.8. The van der Waals surface area contributed by atoms with Gasteiger partial charge in [-0.15, -0.1) is 0 Å². The first-order chi connectivity index (χ1) is 15.0. The van der Waals surface area contributed by atoms with Gasteiger partial charge in [-0.25, -0.2) is 9.18 Å². The monoisotopic (exact) mass is 423 g/mol. The number of methoxy groups -OCH3 is 1. The Labute approximate surface area is 176 Å². The molecule has 0 amide bonds. The lowest BCUT2D eigenvalue weighted by Gasteiger charge is -2.08. The van der Waals surface area contributed by atoms with Crippen LogP contribution in [-0.4, -0.2) is 28.2 Å². The van der Waals surface area contributed by atoms with Gasteiger partial charge in [0.05, 0.1) is 23.9 Å². The van der Waals surface area contributed by atoms with Crippen LogP contribution in [0.3, 0.4) is 0 Å². The molecule has 2 heterocycles. The van der Waals surface area contributed by atoms with Crippen LogP contribution in [0.25, 0.3) is 10.9 Å². The Bertz CT molecular complexity index is 1220. The predicted molar refractivity (Wildman–Crippen MR) is 107 cm³/mol. The molecule has 8 nitrogen and oxygen atoms in total. The molecule has 0 atom stereocenters. The molecule has 0 saturated carbocycles. The van der Waals surface area contributed by atoms with E-state index in [1.807, 2.05) is 6.07 Å². The van der Waals surface area contributed by atoms with Crippen molar-refractivity contribution in [3.05, 3.63) is 77.3 Å². The first-order valence-electron chi connectivity index (χ1n) is 9.34. The quantitative estimate of drug-likeness (QED) is 0.412. The van der Waals surface area contributed by atoms with Crippen LogP contribution < -0.4 is 9.47 Å². The summed E-state index contributed by atoms with van der Waals surface area (Å²) in [4.78, 5) is 21.1. The van der Waals surface area contributed by atoms with E-state index in [0.717, 1.165) is 10.9 Å². The number of esters is 1. The van der Waals surface area contributed by atoms with Gasteiger partial charge in [0, 0.05) is 5.39 Å². The van der Waals surface area contributed by atoms with Gasteiger partial charge in [-0.2, -0.15) is 4.98 Å². The Morgan fingerprint density at radius 2 is 1.81 bits per heavy atom. The molecular formula is C22H18FN3O5. The Hall–Kier alpha value is -4.01. The highest BCUT2D eigenvalue weighted by atomic mass is 19.1. The molecule has 0 saturated heterocycles. The lowest BCUT2D eigenvalue weighted by atomic mass is 10.1. The highest BCUT2D eigenvalue weighted by Gasteiger charge is 2.16. The van der Waals surface area contributed by atoms with Crippen LogP contribution in [0.2, 0.25) is 0 Å². The number of hydrogen-bond donors (Lipinski definition) is 0. The summed E-state index contributed by atoms with van der Waals surface area (Å²) in [6, 6.07) is 12.7. The molecule has 0 N–H and O–H groups in total. The summed E-state index contributed by atoms with van der Waals surface area (Å²) in [5.41, 5.74) is 1.62. The molecule has 0 spiro atoms. The summed E-state index contributed by atoms with van der Waals surface area (Å²) in [5, 5.41) is 4.53. The standard InChI is InChI=1S/C22H18FN3O5/c1-13-18(10-14-9-17(28-2)7-8-19(14)24-13)22(27)30-12-21-25-20(26-31-21)11-29-16-5-3-15(23)4-6-16/h3-10H,11-12H2,1-2H3. The number of hydrogen-bond acceptors (Lipinski definition) is 8. The first-order valence-corrected chi connectivity index (χ1v) is 9.34. The fourth-order valence-corrected chi connectivity index (χ4v) is 2.88. The van der Waals surface area contributed by atoms with Crippen molar-refractivity contribution in [2.45, 2.75) is 20.1 Å². The minimum atomic E-state index is -0.558. The van der Waals surface area contributed by atoms with Crippen LogP contribution in [0, 0.1) is 12.7 Å². The summed E-state index contributed by atoms with van der Waals surface area (Å²) in [5.74, 6) is 0.614. The molecule has 0 fully saturated rings. The maximum Gasteiger partial charge on any atom is 0.340 e. The third kappa shape index (κ3) is 4.77. The Morgan fingerprint density at radius 3 is 2.58 bits per heavy atom. The topological polar surface area (TPSA) is 96.6 Å². The minimum absolute atomic E-state index is 0.0264. The van der Waals surface area contributed by atoms with E-state index in [9.17, 15) is 9.18 Å². The van der Waals surface area contributed by atoms with Crippen LogP contribution >= 0.6 is 0 Å². The van der Waals surface area contributed by atoms with Crippen molar-refractivity contribution in [2.24, 2.45) is 0 Å². The number of carbonyl (C=O) groups is 1. The van der Waals surface area contributed by atoms with Crippen LogP contribution in [0.1, 0.15) is 27.8 Å². The van der Waals surface area contributed by atoms with Gasteiger partial charge >= 0.3 is 5.97 Å². The molecule has 0 aliphatic heterocycles. The molecule has 0 aliphatic rings. The van der Waals surface area contributed by atoms with E-state index in [-0.39, 0.29) is 30.7 Å². The number of aryl methyl sites for hydroxylation is 1. The summed E-state index contributed by atoms with van der Waals surface area (Å²) in [6.45, 7) is 1.56. The molecule has 31 heavy (non-hydrogen) atoms. The van der Waals surface area contributed by atoms with E-state index in [0.29, 0.717) is 22.8 Å². The molecule has 2 aromatic heterocycles. The zero-order valence-corrected chi connectivity index (χ0v) is 16.8. The van der Waals surface area contributed by atoms with Gasteiger partial charge in [-0.05, 0) is 55.5 Å². The van der Waals surface area contributed by atoms with E-state index >= 15 is 0 Å². The third-order valence-corrected chi connectivity index (χ3v) is 4.45. The number of rotatable bonds is 7. The number of aromatic nitrogens is 3. The molecule has 0 bridgehead atoms. The summed E-state index contributed by atoms with van der Waals surface area (Å²) >= 11 is 0. The van der Waals surface area contributed by atoms with E-state index in [4.69, 9.17) is 18.7 Å². The van der Waals surface area contributed by atoms with Crippen molar-refractivity contribution >= 4 is 16.9 Å². The van der Waals surface area contributed by atoms with Gasteiger partial charge in [0.25, 0.3) is 5.89 Å². The second kappa shape index (κ2) is 8.78. The fraction of sp³-hybridized carbons (Fsp3) is 0.182. The predicted octanol–water partition coefficient (Wildman–Crippen LogP) is 4.01. The smallest absolute Gasteiger partial charge is 0.340 e. The number of benzene rings is 2. The highest BCUT2D eigenvalue weighted by Crippen LogP contribution is 2.22. The largest absolute Gasteiger partial charge is 0.497 e. The molecular weight excluding hydrogens is 405 g/mol. The molecule has 0 aliphatic carbocycles. The minimum Gasteiger partial charge on any atom is -0.497 e. The highest BCUT2D eigenvalue weighted by molar-refractivity contribution is 5.95. The number of pyridine rings is 1. The lowest BCUT2D eigenvalue weighted by Crippen LogP contribution is -2.09. The van der Waals surface area contributed by atoms with Gasteiger partial charge in [0.2, 0.25) is 5.82 Å². The number of ether oxygens (including phenoxy) is 3. The average Bonchev–Trinajstić information content (AvgIpc) is 3.24. The van der Waals surface area contributed by atoms with Gasteiger partial charge in [0.1, 0.15) is 17.3 Å². The van der Waals surface area contributed by atoms with Gasteiger partial charge in [0.15, 0.2) is 13.2 Å². The zero-order chi connectivity index (χ0) is 21.8. The molecule has 4 rings (SSSR count). The molecule has 0 unspecified atom stereocenters. The van der Waals surface area contributed by atoms with Crippen molar-refractivity contribution in [3.63, 3.8) is 0 Å². The zero-order valence-electron chi connectivity index (χ0n) is 16.8. The second-order valence-electron chi connectivity index (χ2n) is 6.60. The maximum absolute atomic E-state index is 12.9. The summed E-state index contributed by atoms with van der Waals surface area (Å²) in [6.07, 6.45) is 0. The maximum atomic E-state index is 12.9. The number of fused-ring (bicyclic) bond motifs is 1. The Balaban J connectivity index is 1.38. The van der Waals surface area contributed by atoms with Gasteiger partial charge in [-0.3, -0.25) is 4.98 Å². The lowest BCUT2D eigenvalue weighted by molar-refractivity contribution is 0.0428. The Kier molecular flexibility index (Phi) is 5.74. The molecule has 158 valence electrons. The first kappa shape index (κ1) is 20.3. The fourth-order valence-electron chi connectivity index (χ4n) is 2.88. The van der Waals surface area contributed by atoms with Crippen molar-refractivity contribution in [1.29, 1.82) is 0 Å². The van der Waals surface area contributed by atoms with Crippen LogP contribution in [0.5, 0.6) is 11.5 Å². The summed E-state index contributed by atoms with van der Waals surface area (Å²) < 4.78 is 34.0. The number of nitrogens with zero attached hydrogens (tertiary/aromatic N) is 3. The second-order valence-corrected chi connectivity index (χ2v) is 6.60. The van der Waals surface area contributed by atoms with Crippen molar-refractivity contribution in [3.8, 4) is 11.5 Å². The Morgan fingerprint density at radius 1 is 1.03 bits per heavy atom. The van der Waals surface area contributed by atoms with E-state index in [1.54, 1.807) is 32.2 Å². The van der Waals surface area contributed by atoms with Crippen molar-refractivity contribution < 1.29 is 27.9 Å². The molecule has 2 aromatic carbocycles. The van der Waals surface area contributed by atoms with E-state index < -0.39 is 5.97 Å². The molecule has 4 aromatic rings. The van der Waals surface area contributed by atoms with Crippen molar-refractivity contribution in [1.82, 2.24) is 15.1 Å². The number of halogens is 1. The van der Waals surface area contributed by atoms with Crippen LogP contribution in [0.4, 0.5) is 4.39 Å². The van der Waals surface area contributed by atoms with E-state index in [1.165, 1.54) is 24.3 Å². The SMILES string of the molecule is COc1ccc2nc(C)c(C(=O)OCc3nc(COc4ccc(F)cc4)no3)cc2c1. The van der Waals surface area contributed by atoms with E-state index in [2.05, 4.69) is 15.1 Å². The molecule has 9 heteroatoms. The third-order valence-electron chi connectivity index (χ3n) is 4.45. The van der Waals surface area contributed by atoms with Gasteiger partial charge in [-0.1, -0.05) is 5.16 Å². The average molecular weight is 423 g/mol.